The van der Waals surface area contributed by atoms with Crippen LogP contribution >= 0.6 is 0 Å². The lowest BCUT2D eigenvalue weighted by Gasteiger charge is -2.33. The van der Waals surface area contributed by atoms with Gasteiger partial charge in [0.05, 0.1) is 30.8 Å². The van der Waals surface area contributed by atoms with Crippen molar-refractivity contribution in [2.24, 2.45) is 0 Å². The highest BCUT2D eigenvalue weighted by Crippen LogP contribution is 2.46. The van der Waals surface area contributed by atoms with Crippen LogP contribution in [0.25, 0.3) is 0 Å². The number of hydrogen-bond donors (Lipinski definition) is 1. The van der Waals surface area contributed by atoms with Crippen molar-refractivity contribution in [2.75, 3.05) is 14.2 Å². The summed E-state index contributed by atoms with van der Waals surface area (Å²) in [5.74, 6) is -0.188. The number of H-pyrrole nitrogens is 1. The van der Waals surface area contributed by atoms with Gasteiger partial charge in [0.25, 0.3) is 0 Å². The summed E-state index contributed by atoms with van der Waals surface area (Å²) in [6, 6.07) is 11.3. The predicted molar refractivity (Wildman–Crippen MR) is 112 cm³/mol. The molecule has 1 heterocycles. The number of tetrazole rings is 1. The zero-order valence-corrected chi connectivity index (χ0v) is 17.8. The summed E-state index contributed by atoms with van der Waals surface area (Å²) < 4.78 is 9.83. The quantitative estimate of drug-likeness (QED) is 0.632. The minimum atomic E-state index is -0.661. The second-order valence-electron chi connectivity index (χ2n) is 7.62. The van der Waals surface area contributed by atoms with E-state index >= 15 is 0 Å². The van der Waals surface area contributed by atoms with E-state index in [-0.39, 0.29) is 11.9 Å². The summed E-state index contributed by atoms with van der Waals surface area (Å²) in [5, 5.41) is 15.2. The average Bonchev–Trinajstić information content (AvgIpc) is 3.31. The van der Waals surface area contributed by atoms with E-state index in [9.17, 15) is 9.59 Å². The number of carbonyl (C=O) groups is 2. The molecule has 0 amide bonds. The van der Waals surface area contributed by atoms with Gasteiger partial charge in [-0.2, -0.15) is 5.21 Å². The first-order chi connectivity index (χ1) is 15.0. The van der Waals surface area contributed by atoms with E-state index in [1.54, 1.807) is 12.1 Å². The molecule has 3 aromatic rings. The predicted octanol–water partition coefficient (Wildman–Crippen LogP) is 3.01. The first-order valence-corrected chi connectivity index (χ1v) is 10.2. The van der Waals surface area contributed by atoms with Crippen LogP contribution in [0.15, 0.2) is 36.4 Å². The number of aromatic nitrogens is 4. The number of nitrogens with one attached hydrogen (secondary N) is 1. The highest BCUT2D eigenvalue weighted by molar-refractivity contribution is 5.90. The van der Waals surface area contributed by atoms with E-state index in [0.29, 0.717) is 29.8 Å². The number of esters is 2. The van der Waals surface area contributed by atoms with E-state index in [2.05, 4.69) is 27.5 Å². The second kappa shape index (κ2) is 8.29. The molecule has 0 saturated heterocycles. The van der Waals surface area contributed by atoms with E-state index in [4.69, 9.17) is 9.47 Å². The maximum atomic E-state index is 12.2. The van der Waals surface area contributed by atoms with Crippen LogP contribution in [0.1, 0.15) is 68.6 Å². The number of benzene rings is 2. The van der Waals surface area contributed by atoms with E-state index < -0.39 is 5.41 Å². The number of hydrogen-bond acceptors (Lipinski definition) is 7. The number of aromatic amines is 1. The summed E-state index contributed by atoms with van der Waals surface area (Å²) in [5.41, 5.74) is 4.46. The molecular formula is C23H24N4O4. The Morgan fingerprint density at radius 2 is 1.52 bits per heavy atom. The number of ether oxygens (including phenoxy) is 2. The van der Waals surface area contributed by atoms with Gasteiger partial charge in [-0.3, -0.25) is 0 Å². The Hall–Kier alpha value is -3.55. The van der Waals surface area contributed by atoms with Gasteiger partial charge in [0.1, 0.15) is 0 Å². The highest BCUT2D eigenvalue weighted by atomic mass is 16.5. The van der Waals surface area contributed by atoms with Crippen LogP contribution in [0.5, 0.6) is 0 Å². The van der Waals surface area contributed by atoms with Crippen LogP contribution in [0.3, 0.4) is 0 Å². The number of nitrogens with zero attached hydrogens (tertiary/aromatic N) is 3. The maximum Gasteiger partial charge on any atom is 0.337 e. The zero-order valence-electron chi connectivity index (χ0n) is 17.8. The number of fused-ring (bicyclic) bond motifs is 2. The molecule has 0 fully saturated rings. The molecule has 8 heteroatoms. The van der Waals surface area contributed by atoms with Crippen LogP contribution in [-0.2, 0) is 27.7 Å². The van der Waals surface area contributed by atoms with Crippen molar-refractivity contribution in [3.05, 3.63) is 75.6 Å². The fourth-order valence-corrected chi connectivity index (χ4v) is 4.68. The molecule has 160 valence electrons. The van der Waals surface area contributed by atoms with Crippen molar-refractivity contribution in [1.29, 1.82) is 0 Å². The maximum absolute atomic E-state index is 12.2. The molecule has 1 aliphatic carbocycles. The van der Waals surface area contributed by atoms with Gasteiger partial charge >= 0.3 is 11.9 Å². The molecule has 0 atom stereocenters. The summed E-state index contributed by atoms with van der Waals surface area (Å²) in [7, 11) is 2.75. The molecule has 0 aliphatic heterocycles. The number of aryl methyl sites for hydroxylation is 2. The lowest BCUT2D eigenvalue weighted by molar-refractivity contribution is 0.0591. The average molecular weight is 420 g/mol. The molecule has 0 bridgehead atoms. The topological polar surface area (TPSA) is 107 Å². The van der Waals surface area contributed by atoms with Gasteiger partial charge in [0.15, 0.2) is 5.82 Å². The van der Waals surface area contributed by atoms with Crippen LogP contribution in [0, 0.1) is 0 Å². The Morgan fingerprint density at radius 1 is 0.968 bits per heavy atom. The largest absolute Gasteiger partial charge is 0.465 e. The molecule has 0 saturated carbocycles. The molecular weight excluding hydrogens is 396 g/mol. The van der Waals surface area contributed by atoms with Crippen molar-refractivity contribution in [2.45, 2.75) is 38.0 Å². The Balaban J connectivity index is 2.00. The van der Waals surface area contributed by atoms with Gasteiger partial charge in [0, 0.05) is 0 Å². The van der Waals surface area contributed by atoms with Gasteiger partial charge in [-0.15, -0.1) is 10.2 Å². The van der Waals surface area contributed by atoms with Gasteiger partial charge in [-0.25, -0.2) is 9.59 Å². The third-order valence-corrected chi connectivity index (χ3v) is 5.99. The van der Waals surface area contributed by atoms with Gasteiger partial charge in [-0.1, -0.05) is 30.7 Å². The Bertz CT molecular complexity index is 1060. The Morgan fingerprint density at radius 3 is 1.94 bits per heavy atom. The van der Waals surface area contributed by atoms with Crippen molar-refractivity contribution in [3.8, 4) is 0 Å². The van der Waals surface area contributed by atoms with Crippen molar-refractivity contribution in [1.82, 2.24) is 20.6 Å². The SMILES string of the molecule is CCCC1(c2nn[nH]n2)c2ccc(C(=O)OC)cc2CCc2cc(C(=O)OC)ccc21. The molecule has 4 rings (SSSR count). The first-order valence-electron chi connectivity index (χ1n) is 10.2. The van der Waals surface area contributed by atoms with Crippen LogP contribution in [0.4, 0.5) is 0 Å². The number of rotatable bonds is 5. The standard InChI is InChI=1S/C23H24N4O4/c1-4-11-23(22-24-26-27-25-22)18-9-7-16(20(28)30-2)12-14(18)5-6-15-13-17(21(29)31-3)8-10-19(15)23/h7-10,12-13H,4-6,11H2,1-3H3,(H,24,25,26,27). The molecule has 31 heavy (non-hydrogen) atoms. The van der Waals surface area contributed by atoms with Crippen molar-refractivity contribution < 1.29 is 19.1 Å². The van der Waals surface area contributed by atoms with Crippen molar-refractivity contribution >= 4 is 11.9 Å². The molecule has 1 aliphatic rings. The fourth-order valence-electron chi connectivity index (χ4n) is 4.68. The molecule has 0 radical (unpaired) electrons. The third-order valence-electron chi connectivity index (χ3n) is 5.99. The number of methoxy groups -OCH3 is 2. The molecule has 0 unspecified atom stereocenters. The fraction of sp³-hybridized carbons (Fsp3) is 0.348. The van der Waals surface area contributed by atoms with Crippen LogP contribution < -0.4 is 0 Å². The van der Waals surface area contributed by atoms with Gasteiger partial charge in [0.2, 0.25) is 0 Å². The van der Waals surface area contributed by atoms with E-state index in [0.717, 1.165) is 35.1 Å². The van der Waals surface area contributed by atoms with Crippen LogP contribution in [0.2, 0.25) is 0 Å². The molecule has 0 spiro atoms. The van der Waals surface area contributed by atoms with Gasteiger partial charge < -0.3 is 9.47 Å². The summed E-state index contributed by atoms with van der Waals surface area (Å²) in [6.07, 6.45) is 2.99. The lowest BCUT2D eigenvalue weighted by atomic mass is 9.68. The minimum Gasteiger partial charge on any atom is -0.465 e. The first kappa shape index (κ1) is 20.7. The van der Waals surface area contributed by atoms with E-state index in [1.165, 1.54) is 14.2 Å². The molecule has 2 aromatic carbocycles. The summed E-state index contributed by atoms with van der Waals surface area (Å²) >= 11 is 0. The summed E-state index contributed by atoms with van der Waals surface area (Å²) in [4.78, 5) is 24.3. The Labute approximate surface area is 180 Å². The third kappa shape index (κ3) is 3.37. The van der Waals surface area contributed by atoms with Crippen molar-refractivity contribution in [3.63, 3.8) is 0 Å². The molecule has 1 aromatic heterocycles. The molecule has 1 N–H and O–H groups in total. The minimum absolute atomic E-state index is 0.377. The summed E-state index contributed by atoms with van der Waals surface area (Å²) in [6.45, 7) is 2.11. The zero-order chi connectivity index (χ0) is 22.0. The van der Waals surface area contributed by atoms with E-state index in [1.807, 2.05) is 24.3 Å². The second-order valence-corrected chi connectivity index (χ2v) is 7.62. The number of carbonyl (C=O) groups excluding carboxylic acids is 2. The molecule has 8 nitrogen and oxygen atoms in total. The lowest BCUT2D eigenvalue weighted by Crippen LogP contribution is -2.32. The highest BCUT2D eigenvalue weighted by Gasteiger charge is 2.44. The normalized spacial score (nSPS) is 14.2. The Kier molecular flexibility index (Phi) is 5.54. The monoisotopic (exact) mass is 420 g/mol. The van der Waals surface area contributed by atoms with Crippen LogP contribution in [-0.4, -0.2) is 46.8 Å². The van der Waals surface area contributed by atoms with Gasteiger partial charge in [-0.05, 0) is 65.8 Å². The smallest absolute Gasteiger partial charge is 0.337 e.